The van der Waals surface area contributed by atoms with E-state index in [2.05, 4.69) is 25.8 Å². The van der Waals surface area contributed by atoms with Gasteiger partial charge < -0.3 is 4.74 Å². The lowest BCUT2D eigenvalue weighted by Crippen LogP contribution is -2.49. The Kier molecular flexibility index (Phi) is 4.10. The molecule has 3 heteroatoms. The second kappa shape index (κ2) is 5.32. The first-order valence-corrected chi connectivity index (χ1v) is 7.54. The van der Waals surface area contributed by atoms with Crippen molar-refractivity contribution >= 4 is 11.6 Å². The molecular formula is C16H24ClNO. The van der Waals surface area contributed by atoms with Crippen LogP contribution >= 0.6 is 11.6 Å². The number of pyridine rings is 1. The predicted molar refractivity (Wildman–Crippen MR) is 79.9 cm³/mol. The third-order valence-corrected chi connectivity index (χ3v) is 4.82. The first kappa shape index (κ1) is 14.6. The van der Waals surface area contributed by atoms with Gasteiger partial charge in [-0.15, -0.1) is 0 Å². The summed E-state index contributed by atoms with van der Waals surface area (Å²) in [5, 5.41) is 0.650. The molecule has 0 aliphatic heterocycles. The van der Waals surface area contributed by atoms with Crippen molar-refractivity contribution in [2.24, 2.45) is 5.41 Å². The second-order valence-corrected chi connectivity index (χ2v) is 6.99. The summed E-state index contributed by atoms with van der Waals surface area (Å²) < 4.78 is 6.45. The number of aromatic nitrogens is 1. The molecule has 0 spiro atoms. The highest BCUT2D eigenvalue weighted by Gasteiger charge is 2.45. The van der Waals surface area contributed by atoms with Gasteiger partial charge in [-0.25, -0.2) is 0 Å². The molecule has 0 unspecified atom stereocenters. The van der Waals surface area contributed by atoms with Crippen LogP contribution in [0.2, 0.25) is 5.02 Å². The van der Waals surface area contributed by atoms with Crippen LogP contribution in [0.1, 0.15) is 58.6 Å². The Balaban J connectivity index is 2.33. The first-order valence-electron chi connectivity index (χ1n) is 7.16. The largest absolute Gasteiger partial charge is 0.485 e. The van der Waals surface area contributed by atoms with Gasteiger partial charge in [-0.3, -0.25) is 4.98 Å². The van der Waals surface area contributed by atoms with Crippen LogP contribution in [0.4, 0.5) is 0 Å². The van der Waals surface area contributed by atoms with Crippen molar-refractivity contribution in [1.29, 1.82) is 0 Å². The molecule has 2 nitrogen and oxygen atoms in total. The molecule has 1 heterocycles. The second-order valence-electron chi connectivity index (χ2n) is 6.62. The lowest BCUT2D eigenvalue weighted by atomic mass is 9.68. The molecule has 0 N–H and O–H groups in total. The number of halogens is 1. The average molecular weight is 282 g/mol. The lowest BCUT2D eigenvalue weighted by Gasteiger charge is -2.47. The predicted octanol–water partition coefficient (Wildman–Crippen LogP) is 5.17. The van der Waals surface area contributed by atoms with Crippen LogP contribution in [0.15, 0.2) is 12.3 Å². The van der Waals surface area contributed by atoms with Gasteiger partial charge in [-0.1, -0.05) is 38.8 Å². The average Bonchev–Trinajstić information content (AvgIpc) is 2.35. The molecule has 1 aromatic heterocycles. The molecule has 1 aliphatic carbocycles. The topological polar surface area (TPSA) is 22.1 Å². The van der Waals surface area contributed by atoms with Gasteiger partial charge in [0.15, 0.2) is 0 Å². The first-order chi connectivity index (χ1) is 8.86. The van der Waals surface area contributed by atoms with E-state index < -0.39 is 0 Å². The highest BCUT2D eigenvalue weighted by molar-refractivity contribution is 6.32. The number of aryl methyl sites for hydroxylation is 1. The minimum atomic E-state index is -0.108. The van der Waals surface area contributed by atoms with Crippen molar-refractivity contribution < 1.29 is 4.74 Å². The minimum absolute atomic E-state index is 0.105. The zero-order chi connectivity index (χ0) is 14.1. The summed E-state index contributed by atoms with van der Waals surface area (Å²) in [4.78, 5) is 4.21. The van der Waals surface area contributed by atoms with Crippen molar-refractivity contribution in [3.8, 4) is 5.75 Å². The van der Waals surface area contributed by atoms with Crippen molar-refractivity contribution in [2.75, 3.05) is 0 Å². The van der Waals surface area contributed by atoms with E-state index in [1.807, 2.05) is 13.0 Å². The normalized spacial score (nSPS) is 19.2. The van der Waals surface area contributed by atoms with Gasteiger partial charge in [0.1, 0.15) is 16.4 Å². The molecule has 0 radical (unpaired) electrons. The molecule has 1 saturated carbocycles. The van der Waals surface area contributed by atoms with E-state index in [1.54, 1.807) is 6.20 Å². The van der Waals surface area contributed by atoms with Gasteiger partial charge in [0.25, 0.3) is 0 Å². The molecule has 2 rings (SSSR count). The van der Waals surface area contributed by atoms with Crippen LogP contribution in [-0.2, 0) is 0 Å². The Bertz CT molecular complexity index is 445. The summed E-state index contributed by atoms with van der Waals surface area (Å²) in [5.74, 6) is 0.783. The minimum Gasteiger partial charge on any atom is -0.485 e. The lowest BCUT2D eigenvalue weighted by molar-refractivity contribution is -0.0615. The smallest absolute Gasteiger partial charge is 0.142 e. The summed E-state index contributed by atoms with van der Waals surface area (Å²) >= 11 is 6.34. The fourth-order valence-corrected chi connectivity index (χ4v) is 3.09. The molecule has 1 fully saturated rings. The molecule has 0 bridgehead atoms. The van der Waals surface area contributed by atoms with E-state index in [4.69, 9.17) is 16.3 Å². The number of hydrogen-bond donors (Lipinski definition) is 0. The Morgan fingerprint density at radius 2 is 1.84 bits per heavy atom. The fourth-order valence-electron chi connectivity index (χ4n) is 2.94. The van der Waals surface area contributed by atoms with Crippen LogP contribution in [0, 0.1) is 12.3 Å². The Morgan fingerprint density at radius 3 is 2.42 bits per heavy atom. The van der Waals surface area contributed by atoms with E-state index >= 15 is 0 Å². The molecule has 19 heavy (non-hydrogen) atoms. The zero-order valence-electron chi connectivity index (χ0n) is 12.4. The van der Waals surface area contributed by atoms with E-state index in [0.717, 1.165) is 24.3 Å². The third kappa shape index (κ3) is 2.89. The monoisotopic (exact) mass is 281 g/mol. The Morgan fingerprint density at radius 1 is 1.21 bits per heavy atom. The van der Waals surface area contributed by atoms with Gasteiger partial charge in [-0.05, 0) is 32.6 Å². The molecule has 0 amide bonds. The highest BCUT2D eigenvalue weighted by atomic mass is 35.5. The van der Waals surface area contributed by atoms with Crippen LogP contribution in [0.5, 0.6) is 5.75 Å². The SMILES string of the molecule is Cc1nccc(OC2(C(C)(C)C)CCCCC2)c1Cl. The number of rotatable bonds is 2. The van der Waals surface area contributed by atoms with Gasteiger partial charge in [0, 0.05) is 17.7 Å². The van der Waals surface area contributed by atoms with Crippen molar-refractivity contribution in [2.45, 2.75) is 65.4 Å². The van der Waals surface area contributed by atoms with Crippen LogP contribution in [0.3, 0.4) is 0 Å². The quantitative estimate of drug-likeness (QED) is 0.746. The maximum atomic E-state index is 6.45. The third-order valence-electron chi connectivity index (χ3n) is 4.36. The maximum Gasteiger partial charge on any atom is 0.142 e. The maximum absolute atomic E-state index is 6.45. The van der Waals surface area contributed by atoms with Crippen LogP contribution in [-0.4, -0.2) is 10.6 Å². The van der Waals surface area contributed by atoms with E-state index in [1.165, 1.54) is 19.3 Å². The molecule has 0 saturated heterocycles. The van der Waals surface area contributed by atoms with Crippen LogP contribution in [0.25, 0.3) is 0 Å². The van der Waals surface area contributed by atoms with Gasteiger partial charge in [0.05, 0.1) is 5.69 Å². The van der Waals surface area contributed by atoms with Crippen molar-refractivity contribution in [3.05, 3.63) is 23.0 Å². The van der Waals surface area contributed by atoms with Gasteiger partial charge in [0.2, 0.25) is 0 Å². The summed E-state index contributed by atoms with van der Waals surface area (Å²) in [7, 11) is 0. The molecule has 0 atom stereocenters. The Hall–Kier alpha value is -0.760. The standard InChI is InChI=1S/C16H24ClNO/c1-12-14(17)13(8-11-18-12)19-16(15(2,3)4)9-6-5-7-10-16/h8,11H,5-7,9-10H2,1-4H3. The Labute approximate surface area is 121 Å². The number of ether oxygens (including phenoxy) is 1. The van der Waals surface area contributed by atoms with Gasteiger partial charge >= 0.3 is 0 Å². The van der Waals surface area contributed by atoms with E-state index in [9.17, 15) is 0 Å². The zero-order valence-corrected chi connectivity index (χ0v) is 13.2. The summed E-state index contributed by atoms with van der Waals surface area (Å²) in [6, 6.07) is 1.89. The highest BCUT2D eigenvalue weighted by Crippen LogP contribution is 2.46. The molecule has 1 aliphatic rings. The number of nitrogens with zero attached hydrogens (tertiary/aromatic N) is 1. The van der Waals surface area contributed by atoms with Gasteiger partial charge in [-0.2, -0.15) is 0 Å². The summed E-state index contributed by atoms with van der Waals surface area (Å²) in [6.07, 6.45) is 7.76. The molecule has 106 valence electrons. The fraction of sp³-hybridized carbons (Fsp3) is 0.688. The summed E-state index contributed by atoms with van der Waals surface area (Å²) in [5.41, 5.74) is 0.829. The molecular weight excluding hydrogens is 258 g/mol. The number of hydrogen-bond acceptors (Lipinski definition) is 2. The van der Waals surface area contributed by atoms with E-state index in [-0.39, 0.29) is 11.0 Å². The van der Waals surface area contributed by atoms with E-state index in [0.29, 0.717) is 5.02 Å². The van der Waals surface area contributed by atoms with Crippen molar-refractivity contribution in [1.82, 2.24) is 4.98 Å². The molecule has 1 aromatic rings. The van der Waals surface area contributed by atoms with Crippen molar-refractivity contribution in [3.63, 3.8) is 0 Å². The summed E-state index contributed by atoms with van der Waals surface area (Å²) in [6.45, 7) is 8.71. The van der Waals surface area contributed by atoms with Crippen LogP contribution < -0.4 is 4.74 Å². The molecule has 0 aromatic carbocycles.